The number of benzene rings is 1. The highest BCUT2D eigenvalue weighted by atomic mass is 35.5. The van der Waals surface area contributed by atoms with Crippen LogP contribution in [-0.2, 0) is 0 Å². The van der Waals surface area contributed by atoms with E-state index in [0.717, 1.165) is 25.2 Å². The molecule has 1 aliphatic rings. The van der Waals surface area contributed by atoms with Gasteiger partial charge < -0.3 is 15.5 Å². The Hall–Kier alpha value is -1.26. The SMILES string of the molecule is CN(C)C(=O)c1cc(N[C@H]2CCCNC2)ccc1Cl. The topological polar surface area (TPSA) is 44.4 Å². The van der Waals surface area contributed by atoms with Crippen LogP contribution in [0.1, 0.15) is 23.2 Å². The first kappa shape index (κ1) is 14.2. The van der Waals surface area contributed by atoms with Gasteiger partial charge in [-0.15, -0.1) is 0 Å². The lowest BCUT2D eigenvalue weighted by molar-refractivity contribution is 0.0828. The van der Waals surface area contributed by atoms with Crippen molar-refractivity contribution in [1.29, 1.82) is 0 Å². The average molecular weight is 282 g/mol. The summed E-state index contributed by atoms with van der Waals surface area (Å²) in [7, 11) is 3.45. The van der Waals surface area contributed by atoms with Crippen molar-refractivity contribution in [1.82, 2.24) is 10.2 Å². The molecule has 1 atom stereocenters. The normalized spacial score (nSPS) is 19.0. The van der Waals surface area contributed by atoms with Gasteiger partial charge in [0.05, 0.1) is 10.6 Å². The Morgan fingerprint density at radius 3 is 2.89 bits per heavy atom. The molecule has 1 heterocycles. The van der Waals surface area contributed by atoms with E-state index in [4.69, 9.17) is 11.6 Å². The van der Waals surface area contributed by atoms with E-state index in [9.17, 15) is 4.79 Å². The third-order valence-corrected chi connectivity index (χ3v) is 3.60. The molecule has 0 aromatic heterocycles. The third kappa shape index (κ3) is 3.61. The van der Waals surface area contributed by atoms with Crippen molar-refractivity contribution < 1.29 is 4.79 Å². The molecule has 5 heteroatoms. The van der Waals surface area contributed by atoms with Gasteiger partial charge in [-0.3, -0.25) is 4.79 Å². The van der Waals surface area contributed by atoms with E-state index < -0.39 is 0 Å². The molecule has 0 unspecified atom stereocenters. The Balaban J connectivity index is 2.13. The van der Waals surface area contributed by atoms with Gasteiger partial charge in [-0.05, 0) is 37.6 Å². The van der Waals surface area contributed by atoms with Gasteiger partial charge in [-0.1, -0.05) is 11.6 Å². The highest BCUT2D eigenvalue weighted by Crippen LogP contribution is 2.22. The Labute approximate surface area is 119 Å². The molecule has 1 aromatic rings. The molecule has 0 spiro atoms. The highest BCUT2D eigenvalue weighted by Gasteiger charge is 2.16. The van der Waals surface area contributed by atoms with Gasteiger partial charge in [0.1, 0.15) is 0 Å². The first-order valence-electron chi connectivity index (χ1n) is 6.56. The molecule has 0 aliphatic carbocycles. The summed E-state index contributed by atoms with van der Waals surface area (Å²) in [6, 6.07) is 5.94. The van der Waals surface area contributed by atoms with Gasteiger partial charge in [-0.25, -0.2) is 0 Å². The van der Waals surface area contributed by atoms with Crippen LogP contribution in [0.5, 0.6) is 0 Å². The molecule has 1 aliphatic heterocycles. The first-order valence-corrected chi connectivity index (χ1v) is 6.94. The molecule has 2 rings (SSSR count). The number of hydrogen-bond acceptors (Lipinski definition) is 3. The monoisotopic (exact) mass is 281 g/mol. The van der Waals surface area contributed by atoms with E-state index in [-0.39, 0.29) is 5.91 Å². The number of rotatable bonds is 3. The third-order valence-electron chi connectivity index (χ3n) is 3.27. The maximum Gasteiger partial charge on any atom is 0.254 e. The fourth-order valence-electron chi connectivity index (χ4n) is 2.23. The predicted octanol–water partition coefficient (Wildman–Crippen LogP) is 2.21. The number of nitrogens with one attached hydrogen (secondary N) is 2. The summed E-state index contributed by atoms with van der Waals surface area (Å²) >= 11 is 6.09. The van der Waals surface area contributed by atoms with Gasteiger partial charge in [0.25, 0.3) is 5.91 Å². The zero-order chi connectivity index (χ0) is 13.8. The lowest BCUT2D eigenvalue weighted by Gasteiger charge is -2.25. The number of piperidine rings is 1. The molecular formula is C14H20ClN3O. The minimum atomic E-state index is -0.0737. The summed E-state index contributed by atoms with van der Waals surface area (Å²) in [5, 5.41) is 7.30. The van der Waals surface area contributed by atoms with Gasteiger partial charge in [-0.2, -0.15) is 0 Å². The Morgan fingerprint density at radius 2 is 2.26 bits per heavy atom. The lowest BCUT2D eigenvalue weighted by atomic mass is 10.1. The van der Waals surface area contributed by atoms with E-state index in [0.29, 0.717) is 16.6 Å². The van der Waals surface area contributed by atoms with Crippen LogP contribution in [-0.4, -0.2) is 44.0 Å². The first-order chi connectivity index (χ1) is 9.08. The molecule has 19 heavy (non-hydrogen) atoms. The summed E-state index contributed by atoms with van der Waals surface area (Å²) in [6.07, 6.45) is 2.32. The van der Waals surface area contributed by atoms with Crippen LogP contribution in [0.15, 0.2) is 18.2 Å². The number of halogens is 1. The molecule has 1 amide bonds. The minimum Gasteiger partial charge on any atom is -0.381 e. The molecule has 1 fully saturated rings. The second-order valence-corrected chi connectivity index (χ2v) is 5.49. The van der Waals surface area contributed by atoms with Crippen molar-refractivity contribution in [3.8, 4) is 0 Å². The second-order valence-electron chi connectivity index (χ2n) is 5.08. The van der Waals surface area contributed by atoms with E-state index in [1.165, 1.54) is 11.3 Å². The molecule has 0 bridgehead atoms. The van der Waals surface area contributed by atoms with Crippen LogP contribution >= 0.6 is 11.6 Å². The molecule has 4 nitrogen and oxygen atoms in total. The zero-order valence-electron chi connectivity index (χ0n) is 11.4. The van der Waals surface area contributed by atoms with Crippen LogP contribution in [0.25, 0.3) is 0 Å². The molecule has 0 saturated carbocycles. The Kier molecular flexibility index (Phi) is 4.66. The molecule has 2 N–H and O–H groups in total. The van der Waals surface area contributed by atoms with Gasteiger partial charge in [0.15, 0.2) is 0 Å². The number of anilines is 1. The van der Waals surface area contributed by atoms with E-state index in [1.807, 2.05) is 12.1 Å². The predicted molar refractivity (Wildman–Crippen MR) is 79.0 cm³/mol. The van der Waals surface area contributed by atoms with Gasteiger partial charge >= 0.3 is 0 Å². The van der Waals surface area contributed by atoms with Gasteiger partial charge in [0, 0.05) is 32.4 Å². The summed E-state index contributed by atoms with van der Waals surface area (Å²) in [5.74, 6) is -0.0737. The van der Waals surface area contributed by atoms with Crippen molar-refractivity contribution in [2.24, 2.45) is 0 Å². The van der Waals surface area contributed by atoms with Crippen LogP contribution in [0, 0.1) is 0 Å². The number of nitrogens with zero attached hydrogens (tertiary/aromatic N) is 1. The van der Waals surface area contributed by atoms with Gasteiger partial charge in [0.2, 0.25) is 0 Å². The molecule has 1 saturated heterocycles. The smallest absolute Gasteiger partial charge is 0.254 e. The number of hydrogen-bond donors (Lipinski definition) is 2. The van der Waals surface area contributed by atoms with Crippen LogP contribution in [0.3, 0.4) is 0 Å². The quantitative estimate of drug-likeness (QED) is 0.893. The number of amides is 1. The van der Waals surface area contributed by atoms with Crippen molar-refractivity contribution in [3.63, 3.8) is 0 Å². The molecule has 104 valence electrons. The molecule has 1 aromatic carbocycles. The number of carbonyl (C=O) groups is 1. The Bertz CT molecular complexity index is 456. The zero-order valence-corrected chi connectivity index (χ0v) is 12.1. The van der Waals surface area contributed by atoms with Crippen LogP contribution < -0.4 is 10.6 Å². The largest absolute Gasteiger partial charge is 0.381 e. The summed E-state index contributed by atoms with van der Waals surface area (Å²) in [6.45, 7) is 2.04. The van der Waals surface area contributed by atoms with E-state index >= 15 is 0 Å². The van der Waals surface area contributed by atoms with Crippen molar-refractivity contribution >= 4 is 23.2 Å². The summed E-state index contributed by atoms with van der Waals surface area (Å²) < 4.78 is 0. The van der Waals surface area contributed by atoms with Crippen molar-refractivity contribution in [2.75, 3.05) is 32.5 Å². The highest BCUT2D eigenvalue weighted by molar-refractivity contribution is 6.34. The number of carbonyl (C=O) groups excluding carboxylic acids is 1. The van der Waals surface area contributed by atoms with E-state index in [1.54, 1.807) is 20.2 Å². The maximum atomic E-state index is 12.0. The standard InChI is InChI=1S/C14H20ClN3O/c1-18(2)14(19)12-8-10(5-6-13(12)15)17-11-4-3-7-16-9-11/h5-6,8,11,16-17H,3-4,7,9H2,1-2H3/t11-/m0/s1. The van der Waals surface area contributed by atoms with E-state index in [2.05, 4.69) is 10.6 Å². The van der Waals surface area contributed by atoms with Crippen LogP contribution in [0.2, 0.25) is 5.02 Å². The van der Waals surface area contributed by atoms with Crippen molar-refractivity contribution in [3.05, 3.63) is 28.8 Å². The summed E-state index contributed by atoms with van der Waals surface area (Å²) in [4.78, 5) is 13.5. The maximum absolute atomic E-state index is 12.0. The summed E-state index contributed by atoms with van der Waals surface area (Å²) in [5.41, 5.74) is 1.49. The van der Waals surface area contributed by atoms with Crippen molar-refractivity contribution in [2.45, 2.75) is 18.9 Å². The Morgan fingerprint density at radius 1 is 1.47 bits per heavy atom. The molecule has 0 radical (unpaired) electrons. The fraction of sp³-hybridized carbons (Fsp3) is 0.500. The fourth-order valence-corrected chi connectivity index (χ4v) is 2.43. The molecular weight excluding hydrogens is 262 g/mol. The minimum absolute atomic E-state index is 0.0737. The van der Waals surface area contributed by atoms with Crippen LogP contribution in [0.4, 0.5) is 5.69 Å². The second kappa shape index (κ2) is 6.26. The average Bonchev–Trinajstić information content (AvgIpc) is 2.41. The lowest BCUT2D eigenvalue weighted by Crippen LogP contribution is -2.38.